The predicted octanol–water partition coefficient (Wildman–Crippen LogP) is 8.29. The van der Waals surface area contributed by atoms with Gasteiger partial charge in [0.05, 0.1) is 11.4 Å². The topological polar surface area (TPSA) is 37.9 Å². The Hall–Kier alpha value is -4.11. The van der Waals surface area contributed by atoms with Crippen LogP contribution in [0.3, 0.4) is 0 Å². The zero-order valence-corrected chi connectivity index (χ0v) is 20.5. The van der Waals surface area contributed by atoms with Gasteiger partial charge >= 0.3 is 0 Å². The summed E-state index contributed by atoms with van der Waals surface area (Å²) in [5.41, 5.74) is 9.17. The van der Waals surface area contributed by atoms with Crippen molar-refractivity contribution in [3.05, 3.63) is 120 Å². The molecule has 5 rings (SSSR count). The van der Waals surface area contributed by atoms with Crippen LogP contribution < -0.4 is 4.74 Å². The molecule has 0 radical (unpaired) electrons. The summed E-state index contributed by atoms with van der Waals surface area (Å²) in [5.74, 6) is 0.847. The Morgan fingerprint density at radius 3 is 1.86 bits per heavy atom. The van der Waals surface area contributed by atoms with E-state index in [2.05, 4.69) is 97.7 Å². The van der Waals surface area contributed by atoms with Crippen molar-refractivity contribution < 1.29 is 4.74 Å². The minimum Gasteiger partial charge on any atom is -0.489 e. The van der Waals surface area contributed by atoms with Crippen molar-refractivity contribution in [2.45, 2.75) is 32.8 Å². The van der Waals surface area contributed by atoms with Crippen LogP contribution in [0.25, 0.3) is 33.6 Å². The Kier molecular flexibility index (Phi) is 6.24. The SMILES string of the molecule is CC(C)(C)c1ccc(-c2ccc(-c3cc(-c4ccc(OCc5ccccc5)cc4)n[nH]3)cc2)cc1. The van der Waals surface area contributed by atoms with Gasteiger partial charge in [-0.2, -0.15) is 5.10 Å². The highest BCUT2D eigenvalue weighted by atomic mass is 16.5. The summed E-state index contributed by atoms with van der Waals surface area (Å²) in [6, 6.07) is 37.8. The molecule has 35 heavy (non-hydrogen) atoms. The summed E-state index contributed by atoms with van der Waals surface area (Å²) in [4.78, 5) is 0. The predicted molar refractivity (Wildman–Crippen MR) is 144 cm³/mol. The first-order valence-electron chi connectivity index (χ1n) is 12.0. The lowest BCUT2D eigenvalue weighted by Crippen LogP contribution is -2.10. The van der Waals surface area contributed by atoms with Gasteiger partial charge in [-0.25, -0.2) is 0 Å². The molecule has 5 aromatic rings. The molecule has 0 unspecified atom stereocenters. The average molecular weight is 459 g/mol. The van der Waals surface area contributed by atoms with E-state index in [9.17, 15) is 0 Å². The molecule has 174 valence electrons. The van der Waals surface area contributed by atoms with Crippen LogP contribution in [-0.4, -0.2) is 10.2 Å². The summed E-state index contributed by atoms with van der Waals surface area (Å²) in [6.45, 7) is 7.28. The van der Waals surface area contributed by atoms with E-state index in [4.69, 9.17) is 4.74 Å². The second-order valence-electron chi connectivity index (χ2n) is 9.87. The smallest absolute Gasteiger partial charge is 0.119 e. The zero-order valence-electron chi connectivity index (χ0n) is 20.5. The Bertz CT molecular complexity index is 1380. The largest absolute Gasteiger partial charge is 0.489 e. The van der Waals surface area contributed by atoms with Crippen LogP contribution in [0.15, 0.2) is 109 Å². The maximum absolute atomic E-state index is 5.90. The van der Waals surface area contributed by atoms with Crippen LogP contribution >= 0.6 is 0 Å². The molecule has 0 amide bonds. The second kappa shape index (κ2) is 9.63. The van der Waals surface area contributed by atoms with E-state index in [0.29, 0.717) is 6.61 Å². The van der Waals surface area contributed by atoms with Crippen molar-refractivity contribution in [3.8, 4) is 39.4 Å². The van der Waals surface area contributed by atoms with Gasteiger partial charge in [0.15, 0.2) is 0 Å². The van der Waals surface area contributed by atoms with Crippen molar-refractivity contribution in [2.24, 2.45) is 0 Å². The highest BCUT2D eigenvalue weighted by Crippen LogP contribution is 2.29. The molecule has 3 nitrogen and oxygen atoms in total. The monoisotopic (exact) mass is 458 g/mol. The first kappa shape index (κ1) is 22.7. The Labute approximate surface area is 207 Å². The molecule has 0 bridgehead atoms. The maximum atomic E-state index is 5.90. The lowest BCUT2D eigenvalue weighted by molar-refractivity contribution is 0.306. The normalized spacial score (nSPS) is 11.4. The number of H-pyrrole nitrogens is 1. The Balaban J connectivity index is 1.26. The first-order valence-corrected chi connectivity index (χ1v) is 12.0. The van der Waals surface area contributed by atoms with E-state index in [1.54, 1.807) is 0 Å². The van der Waals surface area contributed by atoms with Crippen LogP contribution in [0, 0.1) is 0 Å². The third kappa shape index (κ3) is 5.36. The fourth-order valence-corrected chi connectivity index (χ4v) is 4.09. The standard InChI is InChI=1S/C32H30N2O/c1-32(2,3)28-17-13-25(14-18-28)24-9-11-26(12-10-24)30-21-31(34-33-30)27-15-19-29(20-16-27)35-22-23-7-5-4-6-8-23/h4-21H,22H2,1-3H3,(H,33,34). The van der Waals surface area contributed by atoms with Crippen molar-refractivity contribution in [1.82, 2.24) is 10.2 Å². The number of nitrogens with one attached hydrogen (secondary N) is 1. The van der Waals surface area contributed by atoms with Gasteiger partial charge in [0.2, 0.25) is 0 Å². The van der Waals surface area contributed by atoms with E-state index in [-0.39, 0.29) is 5.41 Å². The second-order valence-corrected chi connectivity index (χ2v) is 9.87. The van der Waals surface area contributed by atoms with E-state index in [0.717, 1.165) is 33.8 Å². The molecule has 0 fully saturated rings. The molecule has 0 saturated carbocycles. The van der Waals surface area contributed by atoms with Gasteiger partial charge in [0, 0.05) is 5.56 Å². The Morgan fingerprint density at radius 2 is 1.23 bits per heavy atom. The van der Waals surface area contributed by atoms with Gasteiger partial charge in [-0.05, 0) is 63.6 Å². The van der Waals surface area contributed by atoms with E-state index in [1.807, 2.05) is 42.5 Å². The zero-order chi connectivity index (χ0) is 24.3. The van der Waals surface area contributed by atoms with Crippen molar-refractivity contribution >= 4 is 0 Å². The van der Waals surface area contributed by atoms with Crippen LogP contribution in [0.4, 0.5) is 0 Å². The molecule has 3 heteroatoms. The number of aromatic amines is 1. The Morgan fingerprint density at radius 1 is 0.657 bits per heavy atom. The molecular weight excluding hydrogens is 428 g/mol. The molecule has 0 aliphatic carbocycles. The van der Waals surface area contributed by atoms with Crippen molar-refractivity contribution in [2.75, 3.05) is 0 Å². The first-order chi connectivity index (χ1) is 17.0. The summed E-state index contributed by atoms with van der Waals surface area (Å²) in [5, 5.41) is 7.72. The lowest BCUT2D eigenvalue weighted by Gasteiger charge is -2.19. The number of ether oxygens (including phenoxy) is 1. The minimum absolute atomic E-state index is 0.163. The number of nitrogens with zero attached hydrogens (tertiary/aromatic N) is 1. The van der Waals surface area contributed by atoms with Gasteiger partial charge in [0.1, 0.15) is 12.4 Å². The van der Waals surface area contributed by atoms with Crippen molar-refractivity contribution in [1.29, 1.82) is 0 Å². The van der Waals surface area contributed by atoms with Gasteiger partial charge in [-0.3, -0.25) is 5.10 Å². The molecule has 1 aromatic heterocycles. The molecule has 0 aliphatic rings. The molecule has 1 heterocycles. The minimum atomic E-state index is 0.163. The van der Waals surface area contributed by atoms with Gasteiger partial charge in [-0.1, -0.05) is 99.6 Å². The highest BCUT2D eigenvalue weighted by Gasteiger charge is 2.13. The maximum Gasteiger partial charge on any atom is 0.119 e. The molecular formula is C32H30N2O. The van der Waals surface area contributed by atoms with E-state index in [1.165, 1.54) is 16.7 Å². The quantitative estimate of drug-likeness (QED) is 0.278. The molecule has 0 spiro atoms. The molecule has 0 aliphatic heterocycles. The molecule has 0 saturated heterocycles. The third-order valence-corrected chi connectivity index (χ3v) is 6.26. The summed E-state index contributed by atoms with van der Waals surface area (Å²) < 4.78 is 5.90. The number of rotatable bonds is 6. The van der Waals surface area contributed by atoms with Gasteiger partial charge < -0.3 is 4.74 Å². The van der Waals surface area contributed by atoms with Crippen LogP contribution in [-0.2, 0) is 12.0 Å². The number of benzene rings is 4. The van der Waals surface area contributed by atoms with E-state index < -0.39 is 0 Å². The molecule has 1 N–H and O–H groups in total. The summed E-state index contributed by atoms with van der Waals surface area (Å²) in [6.07, 6.45) is 0. The van der Waals surface area contributed by atoms with Gasteiger partial charge in [-0.15, -0.1) is 0 Å². The number of aromatic nitrogens is 2. The lowest BCUT2D eigenvalue weighted by atomic mass is 9.86. The highest BCUT2D eigenvalue weighted by molar-refractivity contribution is 5.72. The number of hydrogen-bond acceptors (Lipinski definition) is 2. The summed E-state index contributed by atoms with van der Waals surface area (Å²) >= 11 is 0. The fraction of sp³-hybridized carbons (Fsp3) is 0.156. The molecule has 0 atom stereocenters. The molecule has 4 aromatic carbocycles. The van der Waals surface area contributed by atoms with Crippen LogP contribution in [0.5, 0.6) is 5.75 Å². The fourth-order valence-electron chi connectivity index (χ4n) is 4.09. The average Bonchev–Trinajstić information content (AvgIpc) is 3.39. The van der Waals surface area contributed by atoms with Gasteiger partial charge in [0.25, 0.3) is 0 Å². The van der Waals surface area contributed by atoms with Crippen LogP contribution in [0.1, 0.15) is 31.9 Å². The van der Waals surface area contributed by atoms with Crippen LogP contribution in [0.2, 0.25) is 0 Å². The number of hydrogen-bond donors (Lipinski definition) is 1. The summed E-state index contributed by atoms with van der Waals surface area (Å²) in [7, 11) is 0. The van der Waals surface area contributed by atoms with Crippen molar-refractivity contribution in [3.63, 3.8) is 0 Å². The third-order valence-electron chi connectivity index (χ3n) is 6.26. The van der Waals surface area contributed by atoms with E-state index >= 15 is 0 Å².